The van der Waals surface area contributed by atoms with Gasteiger partial charge in [0.25, 0.3) is 0 Å². The summed E-state index contributed by atoms with van der Waals surface area (Å²) in [4.78, 5) is 0. The van der Waals surface area contributed by atoms with Crippen molar-refractivity contribution in [3.05, 3.63) is 70.8 Å². The van der Waals surface area contributed by atoms with Crippen LogP contribution in [0.5, 0.6) is 0 Å². The summed E-state index contributed by atoms with van der Waals surface area (Å²) in [5, 5.41) is 0. The molecule has 1 atom stereocenters. The Labute approximate surface area is 116 Å². The Bertz CT molecular complexity index is 526. The van der Waals surface area contributed by atoms with E-state index in [0.717, 1.165) is 6.42 Å². The Kier molecular flexibility index (Phi) is 4.39. The van der Waals surface area contributed by atoms with Crippen molar-refractivity contribution in [2.24, 2.45) is 5.73 Å². The molecule has 2 N–H and O–H groups in total. The lowest BCUT2D eigenvalue weighted by Crippen LogP contribution is -2.13. The highest BCUT2D eigenvalue weighted by atomic mass is 14.6. The summed E-state index contributed by atoms with van der Waals surface area (Å²) in [6.07, 6.45) is 0.892. The van der Waals surface area contributed by atoms with E-state index in [1.807, 2.05) is 0 Å². The average molecular weight is 253 g/mol. The highest BCUT2D eigenvalue weighted by Crippen LogP contribution is 2.20. The second-order valence-corrected chi connectivity index (χ2v) is 5.62. The maximum Gasteiger partial charge on any atom is 0.0335 e. The number of nitrogens with two attached hydrogens (primary N) is 1. The van der Waals surface area contributed by atoms with E-state index in [0.29, 0.717) is 5.92 Å². The van der Waals surface area contributed by atoms with E-state index in [4.69, 9.17) is 5.73 Å². The fourth-order valence-electron chi connectivity index (χ4n) is 2.34. The van der Waals surface area contributed by atoms with Crippen LogP contribution in [-0.4, -0.2) is 0 Å². The van der Waals surface area contributed by atoms with Crippen LogP contribution in [0, 0.1) is 6.92 Å². The van der Waals surface area contributed by atoms with Crippen LogP contribution in [0.15, 0.2) is 48.5 Å². The first-order valence-electron chi connectivity index (χ1n) is 6.97. The highest BCUT2D eigenvalue weighted by Gasteiger charge is 2.08. The van der Waals surface area contributed by atoms with E-state index in [9.17, 15) is 0 Å². The summed E-state index contributed by atoms with van der Waals surface area (Å²) in [5.41, 5.74) is 11.5. The molecule has 0 saturated carbocycles. The monoisotopic (exact) mass is 253 g/mol. The molecule has 0 aromatic heterocycles. The third kappa shape index (κ3) is 3.68. The van der Waals surface area contributed by atoms with Gasteiger partial charge in [-0.3, -0.25) is 0 Å². The van der Waals surface area contributed by atoms with Crippen LogP contribution >= 0.6 is 0 Å². The van der Waals surface area contributed by atoms with Gasteiger partial charge in [-0.15, -0.1) is 0 Å². The fourth-order valence-corrected chi connectivity index (χ4v) is 2.34. The molecular weight excluding hydrogens is 230 g/mol. The number of aryl methyl sites for hydroxylation is 1. The van der Waals surface area contributed by atoms with Crippen molar-refractivity contribution >= 4 is 0 Å². The predicted molar refractivity (Wildman–Crippen MR) is 82.3 cm³/mol. The van der Waals surface area contributed by atoms with Gasteiger partial charge < -0.3 is 5.73 Å². The normalized spacial score (nSPS) is 12.7. The molecule has 0 fully saturated rings. The summed E-state index contributed by atoms with van der Waals surface area (Å²) < 4.78 is 0. The molecule has 0 saturated heterocycles. The van der Waals surface area contributed by atoms with Gasteiger partial charge in [0.05, 0.1) is 0 Å². The first kappa shape index (κ1) is 13.8. The van der Waals surface area contributed by atoms with Crippen molar-refractivity contribution in [1.29, 1.82) is 0 Å². The molecule has 0 aliphatic rings. The van der Waals surface area contributed by atoms with E-state index in [1.54, 1.807) is 0 Å². The van der Waals surface area contributed by atoms with Crippen LogP contribution in [0.25, 0.3) is 0 Å². The van der Waals surface area contributed by atoms with Gasteiger partial charge in [-0.1, -0.05) is 67.9 Å². The Hall–Kier alpha value is -1.60. The number of rotatable bonds is 4. The van der Waals surface area contributed by atoms with Gasteiger partial charge in [-0.2, -0.15) is 0 Å². The van der Waals surface area contributed by atoms with Gasteiger partial charge in [0.15, 0.2) is 0 Å². The average Bonchev–Trinajstić information content (AvgIpc) is 2.39. The second-order valence-electron chi connectivity index (χ2n) is 5.62. The minimum Gasteiger partial charge on any atom is -0.324 e. The Morgan fingerprint density at radius 3 is 2.16 bits per heavy atom. The summed E-state index contributed by atoms with van der Waals surface area (Å²) in [6, 6.07) is 17.4. The van der Waals surface area contributed by atoms with Crippen molar-refractivity contribution in [2.75, 3.05) is 0 Å². The molecule has 0 aliphatic heterocycles. The third-order valence-corrected chi connectivity index (χ3v) is 3.57. The zero-order chi connectivity index (χ0) is 13.8. The summed E-state index contributed by atoms with van der Waals surface area (Å²) in [5.74, 6) is 0.571. The molecule has 1 heteroatoms. The van der Waals surface area contributed by atoms with Crippen molar-refractivity contribution < 1.29 is 0 Å². The third-order valence-electron chi connectivity index (χ3n) is 3.57. The van der Waals surface area contributed by atoms with Crippen molar-refractivity contribution in [2.45, 2.75) is 39.2 Å². The van der Waals surface area contributed by atoms with Gasteiger partial charge in [-0.05, 0) is 36.0 Å². The smallest absolute Gasteiger partial charge is 0.0335 e. The van der Waals surface area contributed by atoms with E-state index in [1.165, 1.54) is 22.3 Å². The van der Waals surface area contributed by atoms with Crippen LogP contribution in [0.3, 0.4) is 0 Å². The van der Waals surface area contributed by atoms with E-state index >= 15 is 0 Å². The van der Waals surface area contributed by atoms with Gasteiger partial charge in [0, 0.05) is 6.04 Å². The molecule has 1 nitrogen and oxygen atoms in total. The molecule has 2 aromatic rings. The molecule has 0 heterocycles. The maximum absolute atomic E-state index is 6.30. The number of hydrogen-bond acceptors (Lipinski definition) is 1. The van der Waals surface area contributed by atoms with Gasteiger partial charge in [0.1, 0.15) is 0 Å². The zero-order valence-electron chi connectivity index (χ0n) is 12.1. The molecule has 1 unspecified atom stereocenters. The van der Waals surface area contributed by atoms with Crippen molar-refractivity contribution in [3.63, 3.8) is 0 Å². The molecule has 0 radical (unpaired) electrons. The molecule has 0 aliphatic carbocycles. The zero-order valence-corrected chi connectivity index (χ0v) is 12.1. The Morgan fingerprint density at radius 1 is 0.947 bits per heavy atom. The van der Waals surface area contributed by atoms with Crippen LogP contribution in [0.1, 0.15) is 48.1 Å². The van der Waals surface area contributed by atoms with Gasteiger partial charge in [-0.25, -0.2) is 0 Å². The largest absolute Gasteiger partial charge is 0.324 e. The summed E-state index contributed by atoms with van der Waals surface area (Å²) in [7, 11) is 0. The van der Waals surface area contributed by atoms with Crippen molar-refractivity contribution in [3.8, 4) is 0 Å². The fraction of sp³-hybridized carbons (Fsp3) is 0.333. The van der Waals surface area contributed by atoms with E-state index in [-0.39, 0.29) is 6.04 Å². The van der Waals surface area contributed by atoms with Crippen molar-refractivity contribution in [1.82, 2.24) is 0 Å². The Balaban J connectivity index is 2.09. The maximum atomic E-state index is 6.30. The summed E-state index contributed by atoms with van der Waals surface area (Å²) >= 11 is 0. The molecule has 2 aromatic carbocycles. The first-order valence-corrected chi connectivity index (χ1v) is 6.97. The summed E-state index contributed by atoms with van der Waals surface area (Å²) in [6.45, 7) is 6.54. The lowest BCUT2D eigenvalue weighted by Gasteiger charge is -2.14. The predicted octanol–water partition coefficient (Wildman–Crippen LogP) is 4.36. The first-order chi connectivity index (χ1) is 9.06. The van der Waals surface area contributed by atoms with Crippen LogP contribution in [-0.2, 0) is 6.42 Å². The SMILES string of the molecule is Cc1cccc(CC(N)c2ccc(C(C)C)cc2)c1. The minimum atomic E-state index is 0.0722. The highest BCUT2D eigenvalue weighted by molar-refractivity contribution is 5.29. The van der Waals surface area contributed by atoms with E-state index in [2.05, 4.69) is 69.3 Å². The van der Waals surface area contributed by atoms with E-state index < -0.39 is 0 Å². The molecule has 0 amide bonds. The molecule has 100 valence electrons. The molecule has 19 heavy (non-hydrogen) atoms. The van der Waals surface area contributed by atoms with Crippen LogP contribution in [0.4, 0.5) is 0 Å². The number of benzene rings is 2. The molecular formula is C18H23N. The second kappa shape index (κ2) is 6.03. The topological polar surface area (TPSA) is 26.0 Å². The molecule has 0 spiro atoms. The standard InChI is InChI=1S/C18H23N/c1-13(2)16-7-9-17(10-8-16)18(19)12-15-6-4-5-14(3)11-15/h4-11,13,18H,12,19H2,1-3H3. The lowest BCUT2D eigenvalue weighted by molar-refractivity contribution is 0.720. The molecule has 0 bridgehead atoms. The molecule has 2 rings (SSSR count). The minimum absolute atomic E-state index is 0.0722. The Morgan fingerprint density at radius 2 is 1.58 bits per heavy atom. The lowest BCUT2D eigenvalue weighted by atomic mass is 9.95. The van der Waals surface area contributed by atoms with Crippen LogP contribution < -0.4 is 5.73 Å². The quantitative estimate of drug-likeness (QED) is 0.860. The van der Waals surface area contributed by atoms with Gasteiger partial charge in [0.2, 0.25) is 0 Å². The van der Waals surface area contributed by atoms with Gasteiger partial charge >= 0.3 is 0 Å². The van der Waals surface area contributed by atoms with Crippen LogP contribution in [0.2, 0.25) is 0 Å². The number of hydrogen-bond donors (Lipinski definition) is 1.